The van der Waals surface area contributed by atoms with Crippen molar-refractivity contribution in [3.63, 3.8) is 0 Å². The molecule has 0 aromatic heterocycles. The topological polar surface area (TPSA) is 85.1 Å². The maximum absolute atomic E-state index is 12.7. The lowest BCUT2D eigenvalue weighted by Gasteiger charge is -2.37. The van der Waals surface area contributed by atoms with E-state index >= 15 is 0 Å². The number of urea groups is 1. The molecule has 0 spiro atoms. The van der Waals surface area contributed by atoms with Crippen molar-refractivity contribution in [1.29, 1.82) is 0 Å². The number of carbonyl (C=O) groups excluding carboxylic acids is 2. The molecule has 1 atom stereocenters. The fourth-order valence-corrected chi connectivity index (χ4v) is 3.68. The normalized spacial score (nSPS) is 21.3. The lowest BCUT2D eigenvalue weighted by atomic mass is 9.95. The van der Waals surface area contributed by atoms with Crippen LogP contribution in [0.15, 0.2) is 24.3 Å². The van der Waals surface area contributed by atoms with Gasteiger partial charge in [0.2, 0.25) is 5.91 Å². The van der Waals surface area contributed by atoms with Gasteiger partial charge in [0, 0.05) is 39.0 Å². The lowest BCUT2D eigenvalue weighted by Crippen LogP contribution is -2.50. The van der Waals surface area contributed by atoms with Crippen molar-refractivity contribution in [1.82, 2.24) is 9.80 Å². The Kier molecular flexibility index (Phi) is 5.85. The number of piperidine rings is 2. The summed E-state index contributed by atoms with van der Waals surface area (Å²) in [6.07, 6.45) is 3.39. The summed E-state index contributed by atoms with van der Waals surface area (Å²) in [6.45, 7) is 2.47. The fourth-order valence-electron chi connectivity index (χ4n) is 3.68. The molecular weight excluding hydrogens is 334 g/mol. The molecule has 142 valence electrons. The van der Waals surface area contributed by atoms with Crippen molar-refractivity contribution in [2.75, 3.05) is 33.3 Å². The number of nitrogens with zero attached hydrogens (tertiary/aromatic N) is 2. The summed E-state index contributed by atoms with van der Waals surface area (Å²) in [5.74, 6) is 1.63. The Bertz CT molecular complexity index is 626. The Morgan fingerprint density at radius 3 is 2.27 bits per heavy atom. The van der Waals surface area contributed by atoms with E-state index in [0.29, 0.717) is 26.2 Å². The Morgan fingerprint density at radius 2 is 1.65 bits per heavy atom. The molecule has 3 amide bonds. The molecule has 0 radical (unpaired) electrons. The Balaban J connectivity index is 1.48. The highest BCUT2D eigenvalue weighted by Gasteiger charge is 2.32. The molecule has 0 bridgehead atoms. The quantitative estimate of drug-likeness (QED) is 0.887. The summed E-state index contributed by atoms with van der Waals surface area (Å²) in [6, 6.07) is 7.12. The third-order valence-electron chi connectivity index (χ3n) is 5.20. The first kappa shape index (κ1) is 18.4. The summed E-state index contributed by atoms with van der Waals surface area (Å²) in [7, 11) is 1.64. The van der Waals surface area contributed by atoms with Crippen LogP contribution in [0.2, 0.25) is 0 Å². The van der Waals surface area contributed by atoms with Gasteiger partial charge >= 0.3 is 6.03 Å². The first-order chi connectivity index (χ1) is 12.6. The minimum absolute atomic E-state index is 0.112. The van der Waals surface area contributed by atoms with Gasteiger partial charge in [0.15, 0.2) is 0 Å². The number of methoxy groups -OCH3 is 1. The van der Waals surface area contributed by atoms with Gasteiger partial charge in [-0.3, -0.25) is 4.79 Å². The van der Waals surface area contributed by atoms with E-state index < -0.39 is 6.03 Å². The number of hydrogen-bond acceptors (Lipinski definition) is 4. The van der Waals surface area contributed by atoms with E-state index in [1.165, 1.54) is 0 Å². The number of hydrogen-bond donors (Lipinski definition) is 1. The van der Waals surface area contributed by atoms with Crippen LogP contribution >= 0.6 is 0 Å². The van der Waals surface area contributed by atoms with E-state index in [1.807, 2.05) is 29.2 Å². The van der Waals surface area contributed by atoms with Crippen molar-refractivity contribution < 1.29 is 19.1 Å². The van der Waals surface area contributed by atoms with Crippen LogP contribution in [0.25, 0.3) is 0 Å². The van der Waals surface area contributed by atoms with Gasteiger partial charge in [0.25, 0.3) is 0 Å². The van der Waals surface area contributed by atoms with Gasteiger partial charge in [0.05, 0.1) is 13.0 Å². The first-order valence-electron chi connectivity index (χ1n) is 9.20. The van der Waals surface area contributed by atoms with E-state index in [9.17, 15) is 9.59 Å². The predicted octanol–water partition coefficient (Wildman–Crippen LogP) is 1.86. The van der Waals surface area contributed by atoms with Crippen molar-refractivity contribution in [3.8, 4) is 11.5 Å². The number of amides is 3. The second kappa shape index (κ2) is 8.29. The molecule has 1 aromatic rings. The fraction of sp³-hybridized carbons (Fsp3) is 0.579. The molecule has 2 N–H and O–H groups in total. The van der Waals surface area contributed by atoms with Crippen LogP contribution in [0.3, 0.4) is 0 Å². The number of likely N-dealkylation sites (tertiary alicyclic amines) is 2. The molecule has 2 fully saturated rings. The second-order valence-electron chi connectivity index (χ2n) is 6.94. The minimum Gasteiger partial charge on any atom is -0.497 e. The molecule has 0 saturated carbocycles. The molecule has 7 heteroatoms. The number of nitrogens with two attached hydrogens (primary N) is 1. The van der Waals surface area contributed by atoms with Crippen molar-refractivity contribution >= 4 is 11.9 Å². The molecule has 2 aliphatic rings. The minimum atomic E-state index is -0.436. The number of benzene rings is 1. The van der Waals surface area contributed by atoms with Crippen LogP contribution in [0.1, 0.15) is 25.7 Å². The highest BCUT2D eigenvalue weighted by Crippen LogP contribution is 2.24. The van der Waals surface area contributed by atoms with Gasteiger partial charge < -0.3 is 25.0 Å². The van der Waals surface area contributed by atoms with E-state index in [4.69, 9.17) is 15.2 Å². The zero-order valence-electron chi connectivity index (χ0n) is 15.2. The maximum Gasteiger partial charge on any atom is 0.314 e. The van der Waals surface area contributed by atoms with Crippen LogP contribution in [-0.4, -0.2) is 61.1 Å². The van der Waals surface area contributed by atoms with Crippen LogP contribution < -0.4 is 15.2 Å². The van der Waals surface area contributed by atoms with E-state index in [0.717, 1.165) is 37.2 Å². The molecule has 0 aliphatic carbocycles. The van der Waals surface area contributed by atoms with E-state index in [2.05, 4.69) is 0 Å². The highest BCUT2D eigenvalue weighted by atomic mass is 16.5. The monoisotopic (exact) mass is 361 g/mol. The molecular formula is C19H27N3O4. The third kappa shape index (κ3) is 4.39. The van der Waals surface area contributed by atoms with Crippen LogP contribution in [0, 0.1) is 5.92 Å². The Labute approximate surface area is 154 Å². The molecule has 2 saturated heterocycles. The van der Waals surface area contributed by atoms with E-state index in [-0.39, 0.29) is 17.9 Å². The van der Waals surface area contributed by atoms with Gasteiger partial charge in [0.1, 0.15) is 17.6 Å². The first-order valence-corrected chi connectivity index (χ1v) is 9.20. The van der Waals surface area contributed by atoms with E-state index in [1.54, 1.807) is 12.0 Å². The van der Waals surface area contributed by atoms with Crippen molar-refractivity contribution in [3.05, 3.63) is 24.3 Å². The average Bonchev–Trinajstić information content (AvgIpc) is 2.68. The van der Waals surface area contributed by atoms with Gasteiger partial charge in [-0.05, 0) is 37.1 Å². The maximum atomic E-state index is 12.7. The van der Waals surface area contributed by atoms with Gasteiger partial charge in [-0.1, -0.05) is 0 Å². The molecule has 1 unspecified atom stereocenters. The highest BCUT2D eigenvalue weighted by molar-refractivity contribution is 5.80. The zero-order chi connectivity index (χ0) is 18.5. The Morgan fingerprint density at radius 1 is 1.00 bits per heavy atom. The summed E-state index contributed by atoms with van der Waals surface area (Å²) < 4.78 is 11.2. The van der Waals surface area contributed by atoms with Crippen molar-refractivity contribution in [2.45, 2.75) is 31.8 Å². The second-order valence-corrected chi connectivity index (χ2v) is 6.94. The predicted molar refractivity (Wildman–Crippen MR) is 97.1 cm³/mol. The zero-order valence-corrected chi connectivity index (χ0v) is 15.2. The summed E-state index contributed by atoms with van der Waals surface area (Å²) in [5, 5.41) is 0. The molecule has 2 aliphatic heterocycles. The molecule has 7 nitrogen and oxygen atoms in total. The largest absolute Gasteiger partial charge is 0.497 e. The molecule has 1 aromatic carbocycles. The van der Waals surface area contributed by atoms with Crippen LogP contribution in [-0.2, 0) is 4.79 Å². The SMILES string of the molecule is COc1ccc(OC2CCN(C(=O)C3CCCN(C(N)=O)C3)CC2)cc1. The standard InChI is InChI=1S/C19H27N3O4/c1-25-15-4-6-16(7-5-15)26-17-8-11-21(12-9-17)18(23)14-3-2-10-22(13-14)19(20)24/h4-7,14,17H,2-3,8-13H2,1H3,(H2,20,24). The average molecular weight is 361 g/mol. The van der Waals surface area contributed by atoms with Gasteiger partial charge in [-0.25, -0.2) is 4.79 Å². The Hall–Kier alpha value is -2.44. The number of carbonyl (C=O) groups is 2. The van der Waals surface area contributed by atoms with Crippen LogP contribution in [0.5, 0.6) is 11.5 Å². The molecule has 2 heterocycles. The van der Waals surface area contributed by atoms with Crippen LogP contribution in [0.4, 0.5) is 4.79 Å². The summed E-state index contributed by atoms with van der Waals surface area (Å²) in [5.41, 5.74) is 5.36. The van der Waals surface area contributed by atoms with Gasteiger partial charge in [-0.2, -0.15) is 0 Å². The smallest absolute Gasteiger partial charge is 0.314 e. The summed E-state index contributed by atoms with van der Waals surface area (Å²) >= 11 is 0. The van der Waals surface area contributed by atoms with Crippen molar-refractivity contribution in [2.24, 2.45) is 11.7 Å². The number of ether oxygens (including phenoxy) is 2. The molecule has 26 heavy (non-hydrogen) atoms. The number of primary amides is 1. The number of rotatable bonds is 4. The lowest BCUT2D eigenvalue weighted by molar-refractivity contribution is -0.138. The van der Waals surface area contributed by atoms with Gasteiger partial charge in [-0.15, -0.1) is 0 Å². The summed E-state index contributed by atoms with van der Waals surface area (Å²) in [4.78, 5) is 27.6. The third-order valence-corrected chi connectivity index (χ3v) is 5.20. The molecule has 3 rings (SSSR count).